The molecule has 0 radical (unpaired) electrons. The van der Waals surface area contributed by atoms with Crippen molar-refractivity contribution < 1.29 is 4.48 Å². The molecule has 0 aliphatic rings. The lowest BCUT2D eigenvalue weighted by molar-refractivity contribution is -0.936. The molecule has 22 heavy (non-hydrogen) atoms. The van der Waals surface area contributed by atoms with Crippen LogP contribution in [0.4, 0.5) is 0 Å². The molecule has 122 valence electrons. The third-order valence-corrected chi connectivity index (χ3v) is 4.56. The first-order chi connectivity index (χ1) is 10.2. The van der Waals surface area contributed by atoms with Crippen LogP contribution in [0, 0.1) is 0 Å². The van der Waals surface area contributed by atoms with Crippen LogP contribution >= 0.6 is 21.6 Å². The smallest absolute Gasteiger partial charge is 0.104 e. The van der Waals surface area contributed by atoms with Crippen molar-refractivity contribution >= 4 is 27.0 Å². The normalized spacial score (nSPS) is 10.2. The molecule has 2 aromatic rings. The van der Waals surface area contributed by atoms with Gasteiger partial charge in [0.25, 0.3) is 0 Å². The molecule has 0 aliphatic carbocycles. The van der Waals surface area contributed by atoms with Gasteiger partial charge in [0.2, 0.25) is 0 Å². The summed E-state index contributed by atoms with van der Waals surface area (Å²) in [6, 6.07) is 20.9. The molecule has 2 rings (SSSR count). The standard InChI is InChI=1S/C13H22N.C6H7P.ClH/c1-4-14(5-2,6-3)12-13-10-8-7-9-11-13;7-6-4-2-1-3-5-6;/h7-11H,4-6,12H2,1-3H3;1-5H,7H2;1H/q+1;;. The van der Waals surface area contributed by atoms with E-state index in [1.807, 2.05) is 30.3 Å². The lowest BCUT2D eigenvalue weighted by Crippen LogP contribution is -2.46. The molecule has 1 unspecified atom stereocenters. The van der Waals surface area contributed by atoms with E-state index in [1.54, 1.807) is 0 Å². The van der Waals surface area contributed by atoms with Gasteiger partial charge in [0.1, 0.15) is 6.54 Å². The van der Waals surface area contributed by atoms with Gasteiger partial charge in [-0.3, -0.25) is 0 Å². The number of quaternary nitrogens is 1. The van der Waals surface area contributed by atoms with Crippen molar-refractivity contribution in [3.63, 3.8) is 0 Å². The van der Waals surface area contributed by atoms with Crippen molar-refractivity contribution in [3.8, 4) is 0 Å². The highest BCUT2D eigenvalue weighted by atomic mass is 35.5. The maximum atomic E-state index is 2.63. The molecule has 0 amide bonds. The first kappa shape index (κ1) is 21.1. The second-order valence-electron chi connectivity index (χ2n) is 5.34. The molecule has 0 aliphatic heterocycles. The lowest BCUT2D eigenvalue weighted by atomic mass is 10.2. The summed E-state index contributed by atoms with van der Waals surface area (Å²) < 4.78 is 1.20. The summed E-state index contributed by atoms with van der Waals surface area (Å²) in [5.41, 5.74) is 1.46. The lowest BCUT2D eigenvalue weighted by Gasteiger charge is -2.35. The molecule has 0 bridgehead atoms. The van der Waals surface area contributed by atoms with Crippen molar-refractivity contribution in [3.05, 3.63) is 66.2 Å². The first-order valence-corrected chi connectivity index (χ1v) is 8.43. The van der Waals surface area contributed by atoms with Gasteiger partial charge in [-0.05, 0) is 26.1 Å². The molecule has 0 saturated heterocycles. The van der Waals surface area contributed by atoms with Crippen molar-refractivity contribution in [1.29, 1.82) is 0 Å². The zero-order valence-electron chi connectivity index (χ0n) is 14.0. The molecule has 3 heteroatoms. The van der Waals surface area contributed by atoms with Gasteiger partial charge < -0.3 is 4.48 Å². The molecule has 0 spiro atoms. The van der Waals surface area contributed by atoms with E-state index < -0.39 is 0 Å². The number of hydrogen-bond donors (Lipinski definition) is 0. The second-order valence-corrected chi connectivity index (χ2v) is 6.01. The average molecular weight is 339 g/mol. The molecular formula is C19H30ClNP+. The Labute approximate surface area is 145 Å². The fourth-order valence-corrected chi connectivity index (χ4v) is 2.65. The number of nitrogens with zero attached hydrogens (tertiary/aromatic N) is 1. The third kappa shape index (κ3) is 7.40. The zero-order valence-corrected chi connectivity index (χ0v) is 16.0. The van der Waals surface area contributed by atoms with Gasteiger partial charge in [-0.25, -0.2) is 0 Å². The van der Waals surface area contributed by atoms with Crippen LogP contribution in [0.1, 0.15) is 26.3 Å². The maximum absolute atomic E-state index is 2.63. The van der Waals surface area contributed by atoms with Crippen LogP contribution in [0.5, 0.6) is 0 Å². The largest absolute Gasteiger partial charge is 0.321 e. The Morgan fingerprint density at radius 1 is 0.727 bits per heavy atom. The summed E-state index contributed by atoms with van der Waals surface area (Å²) in [5.74, 6) is 0. The summed E-state index contributed by atoms with van der Waals surface area (Å²) >= 11 is 0. The zero-order chi connectivity index (χ0) is 15.6. The van der Waals surface area contributed by atoms with Gasteiger partial charge in [-0.2, -0.15) is 0 Å². The van der Waals surface area contributed by atoms with Crippen LogP contribution in [0.3, 0.4) is 0 Å². The molecule has 2 aromatic carbocycles. The van der Waals surface area contributed by atoms with E-state index in [-0.39, 0.29) is 12.4 Å². The van der Waals surface area contributed by atoms with E-state index in [4.69, 9.17) is 0 Å². The molecule has 0 heterocycles. The fraction of sp³-hybridized carbons (Fsp3) is 0.368. The second kappa shape index (κ2) is 11.7. The van der Waals surface area contributed by atoms with Gasteiger partial charge in [0.15, 0.2) is 0 Å². The van der Waals surface area contributed by atoms with Crippen LogP contribution in [0.2, 0.25) is 0 Å². The molecule has 0 saturated carbocycles. The van der Waals surface area contributed by atoms with Crippen LogP contribution in [0.15, 0.2) is 60.7 Å². The van der Waals surface area contributed by atoms with Gasteiger partial charge >= 0.3 is 0 Å². The van der Waals surface area contributed by atoms with Crippen molar-refractivity contribution in [2.45, 2.75) is 27.3 Å². The predicted molar refractivity (Wildman–Crippen MR) is 105 cm³/mol. The van der Waals surface area contributed by atoms with Gasteiger partial charge in [0, 0.05) is 5.56 Å². The molecule has 1 atom stereocenters. The fourth-order valence-electron chi connectivity index (χ4n) is 2.43. The Bertz CT molecular complexity index is 475. The Kier molecular flexibility index (Phi) is 11.2. The molecule has 0 N–H and O–H groups in total. The molecular weight excluding hydrogens is 309 g/mol. The average Bonchev–Trinajstić information content (AvgIpc) is 2.55. The number of rotatable bonds is 5. The SMILES string of the molecule is CC[N+](CC)(CC)Cc1ccccc1.Cl.Pc1ccccc1. The number of benzene rings is 2. The van der Waals surface area contributed by atoms with Crippen LogP contribution in [-0.2, 0) is 6.54 Å². The Morgan fingerprint density at radius 2 is 1.14 bits per heavy atom. The van der Waals surface area contributed by atoms with Gasteiger partial charge in [-0.1, -0.05) is 60.7 Å². The summed E-state index contributed by atoms with van der Waals surface area (Å²) in [7, 11) is 2.63. The monoisotopic (exact) mass is 338 g/mol. The summed E-state index contributed by atoms with van der Waals surface area (Å²) in [5, 5.41) is 1.24. The van der Waals surface area contributed by atoms with E-state index in [0.29, 0.717) is 0 Å². The molecule has 1 nitrogen and oxygen atoms in total. The highest BCUT2D eigenvalue weighted by molar-refractivity contribution is 7.27. The van der Waals surface area contributed by atoms with E-state index in [2.05, 4.69) is 60.3 Å². The Morgan fingerprint density at radius 3 is 1.45 bits per heavy atom. The predicted octanol–water partition coefficient (Wildman–Crippen LogP) is 4.67. The number of halogens is 1. The van der Waals surface area contributed by atoms with Crippen molar-refractivity contribution in [2.24, 2.45) is 0 Å². The molecule has 0 aromatic heterocycles. The summed E-state index contributed by atoms with van der Waals surface area (Å²) in [6.45, 7) is 11.7. The maximum Gasteiger partial charge on any atom is 0.104 e. The molecule has 0 fully saturated rings. The minimum Gasteiger partial charge on any atom is -0.321 e. The van der Waals surface area contributed by atoms with Crippen LogP contribution in [0.25, 0.3) is 0 Å². The summed E-state index contributed by atoms with van der Waals surface area (Å²) in [4.78, 5) is 0. The Hall–Kier alpha value is -0.880. The van der Waals surface area contributed by atoms with Gasteiger partial charge in [0.05, 0.1) is 19.6 Å². The van der Waals surface area contributed by atoms with Crippen LogP contribution < -0.4 is 5.30 Å². The van der Waals surface area contributed by atoms with E-state index in [0.717, 1.165) is 0 Å². The minimum absolute atomic E-state index is 0. The summed E-state index contributed by atoms with van der Waals surface area (Å²) in [6.07, 6.45) is 0. The Balaban J connectivity index is 0.000000465. The third-order valence-electron chi connectivity index (χ3n) is 4.17. The quantitative estimate of drug-likeness (QED) is 0.549. The van der Waals surface area contributed by atoms with E-state index in [1.165, 1.54) is 41.5 Å². The topological polar surface area (TPSA) is 0 Å². The van der Waals surface area contributed by atoms with E-state index in [9.17, 15) is 0 Å². The van der Waals surface area contributed by atoms with Crippen molar-refractivity contribution in [2.75, 3.05) is 19.6 Å². The highest BCUT2D eigenvalue weighted by Gasteiger charge is 2.20. The van der Waals surface area contributed by atoms with E-state index >= 15 is 0 Å². The highest BCUT2D eigenvalue weighted by Crippen LogP contribution is 2.13. The number of hydrogen-bond acceptors (Lipinski definition) is 0. The van der Waals surface area contributed by atoms with Crippen LogP contribution in [-0.4, -0.2) is 24.1 Å². The van der Waals surface area contributed by atoms with Crippen molar-refractivity contribution in [1.82, 2.24) is 0 Å². The first-order valence-electron chi connectivity index (χ1n) is 7.85. The van der Waals surface area contributed by atoms with Gasteiger partial charge in [-0.15, -0.1) is 21.6 Å². The minimum atomic E-state index is 0.